The number of aromatic nitrogens is 4. The van der Waals surface area contributed by atoms with E-state index in [1.165, 1.54) is 30.3 Å². The second kappa shape index (κ2) is 19.9. The van der Waals surface area contributed by atoms with E-state index in [9.17, 15) is 32.9 Å². The van der Waals surface area contributed by atoms with Crippen LogP contribution in [-0.4, -0.2) is 14.1 Å². The Labute approximate surface area is 571 Å². The van der Waals surface area contributed by atoms with Crippen molar-refractivity contribution < 1.29 is 71.0 Å². The third kappa shape index (κ3) is 9.28. The monoisotopic (exact) mass is 1170 g/mol. The first-order valence-electron chi connectivity index (χ1n) is 49.6. The summed E-state index contributed by atoms with van der Waals surface area (Å²) in [6.45, 7) is -35.9. The van der Waals surface area contributed by atoms with Crippen LogP contribution in [0.5, 0.6) is 11.5 Å². The molecule has 5 heteroatoms. The highest BCUT2D eigenvalue weighted by atomic mass is 16.5. The van der Waals surface area contributed by atoms with Crippen LogP contribution in [0.4, 0.5) is 0 Å². The third-order valence-electron chi connectivity index (χ3n) is 15.7. The Bertz CT molecular complexity index is 6650. The number of pyridine rings is 1. The average molecular weight is 1170 g/mol. The highest BCUT2D eigenvalue weighted by Crippen LogP contribution is 2.52. The number of imidazole rings is 1. The van der Waals surface area contributed by atoms with Crippen molar-refractivity contribution in [3.8, 4) is 73.2 Å². The number of para-hydroxylation sites is 1. The largest absolute Gasteiger partial charge is 0.458 e. The lowest BCUT2D eigenvalue weighted by atomic mass is 9.63. The second-order valence-corrected chi connectivity index (χ2v) is 22.6. The Balaban J connectivity index is 1.25. The summed E-state index contributed by atoms with van der Waals surface area (Å²) in [5.74, 6) is 0.624. The van der Waals surface area contributed by atoms with E-state index in [-0.39, 0.29) is 33.7 Å². The van der Waals surface area contributed by atoms with Crippen molar-refractivity contribution in [3.05, 3.63) is 245 Å². The van der Waals surface area contributed by atoms with E-state index in [1.54, 1.807) is 24.4 Å². The molecule has 0 atom stereocenters. The van der Waals surface area contributed by atoms with Gasteiger partial charge in [0.1, 0.15) is 17.3 Å². The number of ether oxygens (including phenoxy) is 1. The molecule has 86 heavy (non-hydrogen) atoms. The molecule has 0 N–H and O–H groups in total. The molecule has 9 aromatic carbocycles. The van der Waals surface area contributed by atoms with Gasteiger partial charge in [-0.25, -0.2) is 4.98 Å². The molecule has 428 valence electrons. The molecule has 0 saturated heterocycles. The summed E-state index contributed by atoms with van der Waals surface area (Å²) < 4.78 is 432. The van der Waals surface area contributed by atoms with Crippen LogP contribution < -0.4 is 9.30 Å². The van der Waals surface area contributed by atoms with Crippen molar-refractivity contribution in [1.29, 1.82) is 0 Å². The first kappa shape index (κ1) is 24.5. The van der Waals surface area contributed by atoms with Crippen molar-refractivity contribution in [3.63, 3.8) is 0 Å². The van der Waals surface area contributed by atoms with Gasteiger partial charge in [0.25, 0.3) is 6.33 Å². The molecule has 3 heterocycles. The fourth-order valence-electron chi connectivity index (χ4n) is 11.5. The van der Waals surface area contributed by atoms with E-state index in [0.29, 0.717) is 23.5 Å². The quantitative estimate of drug-likeness (QED) is 0.107. The normalized spacial score (nSPS) is 26.0. The number of rotatable bonds is 9. The Kier molecular flexibility index (Phi) is 5.67. The zero-order valence-electron chi connectivity index (χ0n) is 91.1. The van der Waals surface area contributed by atoms with E-state index in [0.717, 1.165) is 61.3 Å². The smallest absolute Gasteiger partial charge is 0.269 e. The molecule has 0 unspecified atom stereocenters. The number of aryl methyl sites for hydroxylation is 2. The van der Waals surface area contributed by atoms with Crippen LogP contribution in [0.1, 0.15) is 195 Å². The van der Waals surface area contributed by atoms with Crippen molar-refractivity contribution in [2.75, 3.05) is 0 Å². The lowest BCUT2D eigenvalue weighted by Crippen LogP contribution is -2.34. The van der Waals surface area contributed by atoms with E-state index in [1.807, 2.05) is 61.7 Å². The minimum atomic E-state index is -5.03. The molecular weight excluding hydrogens is 1040 g/mol. The number of fused-ring (bicyclic) bond motifs is 6. The van der Waals surface area contributed by atoms with Gasteiger partial charge >= 0.3 is 0 Å². The molecule has 0 saturated carbocycles. The van der Waals surface area contributed by atoms with Crippen LogP contribution in [0.15, 0.2) is 200 Å². The van der Waals surface area contributed by atoms with Crippen LogP contribution in [0, 0.1) is 20.0 Å². The Morgan fingerprint density at radius 3 is 1.92 bits per heavy atom. The van der Waals surface area contributed by atoms with Gasteiger partial charge in [-0.05, 0) is 210 Å². The summed E-state index contributed by atoms with van der Waals surface area (Å²) in [6.07, 6.45) is -7.29. The molecule has 0 spiro atoms. The molecular formula is C81H78N4O. The molecule has 5 nitrogen and oxygen atoms in total. The van der Waals surface area contributed by atoms with Crippen LogP contribution in [0.2, 0.25) is 0 Å². The van der Waals surface area contributed by atoms with Gasteiger partial charge in [-0.1, -0.05) is 197 Å². The standard InChI is InChI=1S/C81H78N4O/c1-51-21-19-22-52(2)75(51)56-31-36-71-73(45-56)83(59-25-20-26-60(47-59)86-61-32-33-63-62-27-17-18-28-70(62)85(72(63)48-61)74-46-58(37-40-82-74)77(3,4)5)50-84(71)76-64(54-29-34-66-68(43-54)79(8,9)39-38-78(66,6)7)41-57(53-23-15-14-16-24-53)42-65(76)55-30-35-67-69(44-55)81(12,13)49-80(67,10)11/h14-37,40-48H,38-39,49H2,1-13H3/i1D3,2D3,6D3,7D3,8D3,9D3,10D3,11D3,12D3,13D3,14D,15D,16D,23D,24D,29D,30D,34D,35D,38D2,39D2,43D,44D. The second-order valence-electron chi connectivity index (χ2n) is 22.6. The zero-order valence-corrected chi connectivity index (χ0v) is 46.1. The molecule has 0 bridgehead atoms. The topological polar surface area (TPSA) is 35.9 Å². The fraction of sp³-hybridized carbons (Fsp3) is 0.259. The van der Waals surface area contributed by atoms with Gasteiger partial charge in [0.05, 0.1) is 48.5 Å². The van der Waals surface area contributed by atoms with Gasteiger partial charge < -0.3 is 4.74 Å². The van der Waals surface area contributed by atoms with E-state index >= 15 is 0 Å². The van der Waals surface area contributed by atoms with Crippen LogP contribution in [0.25, 0.3) is 94.5 Å². The van der Waals surface area contributed by atoms with E-state index in [2.05, 4.69) is 6.33 Å². The third-order valence-corrected chi connectivity index (χ3v) is 15.7. The average Bonchev–Trinajstić information content (AvgIpc) is 1.57. The SMILES string of the molecule is [2H]c1c([2H])c([2H])c(-c2cc(-c3c([2H])c([2H])c4c(c3[2H])C(C([2H])([2H])[2H])(C([2H])([2H])[2H])CC4(C([2H])([2H])[2H])C([2H])([2H])[2H])c(-[n+]3[c-]n(-c4cccc(Oc5ccc6c7ccccc7n(-c7cc(C(C)(C)C)ccn7)c6c5)c4)c4cc(-c5c(C([2H])([2H])[2H])cccc5C([2H])([2H])[2H])ccc43)c(-c3c([2H])c([2H])c4c(c3[2H])C(C([2H])([2H])[2H])(C([2H])([2H])[2H])C([2H])([2H])C([2H])([2H])C4(C([2H])([2H])[2H])C([2H])([2H])[2H])c2)c([2H])c1[2H]. The lowest BCUT2D eigenvalue weighted by Gasteiger charge is -2.42. The first-order valence-corrected chi connectivity index (χ1v) is 27.1. The molecule has 12 aromatic rings. The Morgan fingerprint density at radius 1 is 0.558 bits per heavy atom. The van der Waals surface area contributed by atoms with Crippen molar-refractivity contribution in [2.45, 2.75) is 136 Å². The fourth-order valence-corrected chi connectivity index (χ4v) is 11.5. The minimum absolute atomic E-state index is 0.0516. The molecule has 0 aliphatic heterocycles. The molecule has 0 amide bonds. The number of nitrogens with zero attached hydrogens (tertiary/aromatic N) is 4. The van der Waals surface area contributed by atoms with Gasteiger partial charge in [-0.15, -0.1) is 0 Å². The summed E-state index contributed by atoms with van der Waals surface area (Å²) >= 11 is 0. The molecule has 3 aromatic heterocycles. The molecule has 0 fully saturated rings. The van der Waals surface area contributed by atoms with Gasteiger partial charge in [0.2, 0.25) is 0 Å². The Hall–Kier alpha value is -8.80. The van der Waals surface area contributed by atoms with Crippen molar-refractivity contribution in [1.82, 2.24) is 14.1 Å². The molecule has 2 aliphatic carbocycles. The summed E-state index contributed by atoms with van der Waals surface area (Å²) in [7, 11) is 0. The van der Waals surface area contributed by atoms with Gasteiger partial charge in [-0.2, -0.15) is 0 Å². The highest BCUT2D eigenvalue weighted by molar-refractivity contribution is 6.09. The van der Waals surface area contributed by atoms with E-state index in [4.69, 9.17) is 38.5 Å². The van der Waals surface area contributed by atoms with E-state index < -0.39 is 259 Å². The summed E-state index contributed by atoms with van der Waals surface area (Å²) in [5, 5.41) is 1.55. The lowest BCUT2D eigenvalue weighted by molar-refractivity contribution is -0.571. The van der Waals surface area contributed by atoms with Crippen LogP contribution >= 0.6 is 0 Å². The zero-order chi connectivity index (χ0) is 98.0. The highest BCUT2D eigenvalue weighted by Gasteiger charge is 2.42. The Morgan fingerprint density at radius 2 is 1.21 bits per heavy atom. The number of hydrogen-bond donors (Lipinski definition) is 0. The first-order chi connectivity index (χ1) is 59.6. The predicted octanol–water partition coefficient (Wildman–Crippen LogP) is 20.9. The van der Waals surface area contributed by atoms with Gasteiger partial charge in [-0.3, -0.25) is 13.7 Å². The number of hydrogen-bond acceptors (Lipinski definition) is 2. The summed E-state index contributed by atoms with van der Waals surface area (Å²) in [5.41, 5.74) is -34.5. The minimum Gasteiger partial charge on any atom is -0.458 e. The van der Waals surface area contributed by atoms with Crippen molar-refractivity contribution in [2.24, 2.45) is 0 Å². The van der Waals surface area contributed by atoms with Gasteiger partial charge in [0, 0.05) is 69.6 Å². The molecule has 2 aliphatic rings. The maximum absolute atomic E-state index is 10.8. The van der Waals surface area contributed by atoms with Crippen molar-refractivity contribution >= 4 is 32.8 Å². The predicted molar refractivity (Wildman–Crippen MR) is 358 cm³/mol. The van der Waals surface area contributed by atoms with Crippen LogP contribution in [-0.2, 0) is 27.1 Å². The maximum Gasteiger partial charge on any atom is 0.269 e. The number of benzene rings is 9. The van der Waals surface area contributed by atoms with Gasteiger partial charge in [0.15, 0.2) is 0 Å². The maximum atomic E-state index is 10.8. The van der Waals surface area contributed by atoms with Crippen LogP contribution in [0.3, 0.4) is 0 Å². The summed E-state index contributed by atoms with van der Waals surface area (Å²) in [6, 6.07) is 13.3. The molecule has 0 radical (unpaired) electrons. The molecule has 14 rings (SSSR count). The summed E-state index contributed by atoms with van der Waals surface area (Å²) in [4.78, 5) is 4.78.